The molecule has 110 valence electrons. The average Bonchev–Trinajstić information content (AvgIpc) is 3.22. The number of aromatic nitrogens is 1. The van der Waals surface area contributed by atoms with Crippen molar-refractivity contribution in [3.63, 3.8) is 0 Å². The van der Waals surface area contributed by atoms with E-state index in [9.17, 15) is 0 Å². The van der Waals surface area contributed by atoms with Gasteiger partial charge in [0.25, 0.3) is 5.70 Å². The third-order valence-corrected chi connectivity index (χ3v) is 3.45. The van der Waals surface area contributed by atoms with Gasteiger partial charge in [0.05, 0.1) is 18.3 Å². The number of hydrogen-bond acceptors (Lipinski definition) is 2. The van der Waals surface area contributed by atoms with Gasteiger partial charge in [0.2, 0.25) is 0 Å². The summed E-state index contributed by atoms with van der Waals surface area (Å²) in [6, 6.07) is 17.6. The van der Waals surface area contributed by atoms with Crippen LogP contribution in [0.3, 0.4) is 0 Å². The van der Waals surface area contributed by atoms with Crippen LogP contribution in [-0.4, -0.2) is 4.57 Å². The lowest BCUT2D eigenvalue weighted by Gasteiger charge is -2.07. The molecule has 0 spiro atoms. The summed E-state index contributed by atoms with van der Waals surface area (Å²) < 4.78 is 7.79. The fraction of sp³-hybridized carbons (Fsp3) is 0.0526. The Bertz CT molecular complexity index is 928. The molecule has 0 amide bonds. The maximum atomic E-state index is 8.82. The number of aryl methyl sites for hydroxylation is 1. The van der Waals surface area contributed by atoms with Crippen LogP contribution in [0.4, 0.5) is 0 Å². The lowest BCUT2D eigenvalue weighted by molar-refractivity contribution is 0.568. The van der Waals surface area contributed by atoms with E-state index in [1.54, 1.807) is 6.07 Å². The number of hydrogen-bond donors (Lipinski definition) is 0. The quantitative estimate of drug-likeness (QED) is 0.513. The zero-order chi connectivity index (χ0) is 16.2. The van der Waals surface area contributed by atoms with E-state index in [4.69, 9.17) is 16.3 Å². The molecular formula is C19H13N3O. The summed E-state index contributed by atoms with van der Waals surface area (Å²) in [7, 11) is 0. The molecule has 0 radical (unpaired) electrons. The molecule has 2 aromatic heterocycles. The molecule has 0 aliphatic carbocycles. The zero-order valence-corrected chi connectivity index (χ0v) is 12.5. The molecule has 0 bridgehead atoms. The third kappa shape index (κ3) is 2.92. The second kappa shape index (κ2) is 6.09. The monoisotopic (exact) mass is 299 g/mol. The minimum absolute atomic E-state index is 0.000169. The van der Waals surface area contributed by atoms with Gasteiger partial charge in [-0.15, -0.1) is 0 Å². The van der Waals surface area contributed by atoms with Crippen molar-refractivity contribution in [1.82, 2.24) is 4.57 Å². The van der Waals surface area contributed by atoms with E-state index < -0.39 is 0 Å². The summed E-state index contributed by atoms with van der Waals surface area (Å²) in [6.07, 6.45) is 3.41. The van der Waals surface area contributed by atoms with E-state index in [0.717, 1.165) is 11.4 Å². The van der Waals surface area contributed by atoms with Gasteiger partial charge < -0.3 is 8.98 Å². The van der Waals surface area contributed by atoms with Crippen LogP contribution in [-0.2, 0) is 0 Å². The molecule has 0 fully saturated rings. The van der Waals surface area contributed by atoms with Crippen LogP contribution in [0, 0.1) is 24.8 Å². The summed E-state index contributed by atoms with van der Waals surface area (Å²) in [5.41, 5.74) is 3.16. The molecule has 0 unspecified atom stereocenters. The van der Waals surface area contributed by atoms with Crippen LogP contribution < -0.4 is 0 Å². The summed E-state index contributed by atoms with van der Waals surface area (Å²) in [4.78, 5) is 3.13. The Kier molecular flexibility index (Phi) is 3.82. The van der Waals surface area contributed by atoms with Crippen LogP contribution in [0.5, 0.6) is 0 Å². The van der Waals surface area contributed by atoms with Crippen molar-refractivity contribution in [2.24, 2.45) is 0 Å². The molecule has 0 aliphatic heterocycles. The number of nitriles is 1. The summed E-state index contributed by atoms with van der Waals surface area (Å²) in [5.74, 6) is 1.17. The lowest BCUT2D eigenvalue weighted by atomic mass is 10.2. The van der Waals surface area contributed by atoms with Crippen LogP contribution in [0.1, 0.15) is 11.3 Å². The highest BCUT2D eigenvalue weighted by Gasteiger charge is 2.10. The number of benzene rings is 1. The molecule has 0 saturated carbocycles. The summed E-state index contributed by atoms with van der Waals surface area (Å²) in [5, 5.41) is 8.82. The first-order valence-electron chi connectivity index (χ1n) is 7.05. The molecule has 2 heterocycles. The number of nitrogens with zero attached hydrogens (tertiary/aromatic N) is 3. The smallest absolute Gasteiger partial charge is 0.265 e. The lowest BCUT2D eigenvalue weighted by Crippen LogP contribution is -1.94. The second-order valence-corrected chi connectivity index (χ2v) is 5.05. The Hall–Kier alpha value is -3.50. The first-order chi connectivity index (χ1) is 11.2. The van der Waals surface area contributed by atoms with Crippen molar-refractivity contribution >= 4 is 6.08 Å². The van der Waals surface area contributed by atoms with E-state index in [2.05, 4.69) is 36.0 Å². The van der Waals surface area contributed by atoms with Gasteiger partial charge in [0.15, 0.2) is 5.76 Å². The topological polar surface area (TPSA) is 46.2 Å². The van der Waals surface area contributed by atoms with Gasteiger partial charge in [0, 0.05) is 11.9 Å². The van der Waals surface area contributed by atoms with E-state index in [1.807, 2.05) is 35.0 Å². The highest BCUT2D eigenvalue weighted by molar-refractivity contribution is 5.62. The van der Waals surface area contributed by atoms with Crippen molar-refractivity contribution in [2.75, 3.05) is 0 Å². The molecule has 4 nitrogen and oxygen atoms in total. The maximum absolute atomic E-state index is 8.82. The standard InChI is InChI=1S/C19H13N3O/c1-14-5-7-16(8-6-14)22-11-3-4-18(22)19-10-9-17(23-19)12-15(13-20)21-2/h3-12H,1H3/b15-12+. The Morgan fingerprint density at radius 3 is 2.70 bits per heavy atom. The number of rotatable bonds is 3. The maximum Gasteiger partial charge on any atom is 0.265 e. The van der Waals surface area contributed by atoms with Crippen molar-refractivity contribution in [3.05, 3.63) is 83.2 Å². The molecule has 0 aliphatic rings. The summed E-state index contributed by atoms with van der Waals surface area (Å²) in [6.45, 7) is 8.96. The summed E-state index contributed by atoms with van der Waals surface area (Å²) >= 11 is 0. The van der Waals surface area contributed by atoms with Crippen molar-refractivity contribution in [2.45, 2.75) is 6.92 Å². The normalized spacial score (nSPS) is 11.0. The van der Waals surface area contributed by atoms with Gasteiger partial charge in [0.1, 0.15) is 5.76 Å². The minimum Gasteiger partial charge on any atom is -0.456 e. The second-order valence-electron chi connectivity index (χ2n) is 5.05. The molecule has 3 aromatic rings. The van der Waals surface area contributed by atoms with Gasteiger partial charge in [-0.1, -0.05) is 17.7 Å². The predicted molar refractivity (Wildman–Crippen MR) is 88.4 cm³/mol. The van der Waals surface area contributed by atoms with E-state index in [1.165, 1.54) is 11.6 Å². The van der Waals surface area contributed by atoms with Crippen LogP contribution in [0.15, 0.2) is 64.8 Å². The third-order valence-electron chi connectivity index (χ3n) is 3.45. The van der Waals surface area contributed by atoms with E-state index >= 15 is 0 Å². The first kappa shape index (κ1) is 14.4. The Balaban J connectivity index is 1.99. The zero-order valence-electron chi connectivity index (χ0n) is 12.5. The fourth-order valence-corrected chi connectivity index (χ4v) is 2.30. The van der Waals surface area contributed by atoms with Crippen molar-refractivity contribution in [1.29, 1.82) is 5.26 Å². The average molecular weight is 299 g/mol. The van der Waals surface area contributed by atoms with Crippen LogP contribution in [0.2, 0.25) is 0 Å². The largest absolute Gasteiger partial charge is 0.456 e. The Morgan fingerprint density at radius 2 is 2.00 bits per heavy atom. The van der Waals surface area contributed by atoms with Gasteiger partial charge in [-0.3, -0.25) is 0 Å². The van der Waals surface area contributed by atoms with Crippen LogP contribution in [0.25, 0.3) is 28.1 Å². The highest BCUT2D eigenvalue weighted by atomic mass is 16.3. The molecule has 0 atom stereocenters. The Labute approximate surface area is 134 Å². The molecular weight excluding hydrogens is 286 g/mol. The van der Waals surface area contributed by atoms with Crippen molar-refractivity contribution < 1.29 is 4.42 Å². The number of allylic oxidation sites excluding steroid dienone is 1. The molecule has 0 N–H and O–H groups in total. The SMILES string of the molecule is [C-]#[N+]/C(C#N)=C/c1ccc(-c2cccn2-c2ccc(C)cc2)o1. The fourth-order valence-electron chi connectivity index (χ4n) is 2.30. The highest BCUT2D eigenvalue weighted by Crippen LogP contribution is 2.27. The van der Waals surface area contributed by atoms with Gasteiger partial charge in [-0.25, -0.2) is 10.1 Å². The van der Waals surface area contributed by atoms with E-state index in [0.29, 0.717) is 11.5 Å². The van der Waals surface area contributed by atoms with Gasteiger partial charge >= 0.3 is 0 Å². The molecule has 3 rings (SSSR count). The first-order valence-corrected chi connectivity index (χ1v) is 7.05. The van der Waals surface area contributed by atoms with E-state index in [-0.39, 0.29) is 5.70 Å². The molecule has 0 saturated heterocycles. The van der Waals surface area contributed by atoms with Gasteiger partial charge in [-0.2, -0.15) is 0 Å². The number of furan rings is 1. The molecule has 1 aromatic carbocycles. The Morgan fingerprint density at radius 1 is 1.22 bits per heavy atom. The molecule has 4 heteroatoms. The predicted octanol–water partition coefficient (Wildman–Crippen LogP) is 4.83. The minimum atomic E-state index is -0.000169. The molecule has 23 heavy (non-hydrogen) atoms. The van der Waals surface area contributed by atoms with Crippen molar-refractivity contribution in [3.8, 4) is 23.2 Å². The van der Waals surface area contributed by atoms with Crippen LogP contribution >= 0.6 is 0 Å². The van der Waals surface area contributed by atoms with Gasteiger partial charge in [-0.05, 0) is 49.4 Å².